The molecule has 132 valence electrons. The average Bonchev–Trinajstić information content (AvgIpc) is 2.54. The molecule has 1 aromatic rings. The van der Waals surface area contributed by atoms with Crippen LogP contribution in [-0.4, -0.2) is 41.8 Å². The second-order valence-corrected chi connectivity index (χ2v) is 6.49. The third-order valence-electron chi connectivity index (χ3n) is 4.88. The summed E-state index contributed by atoms with van der Waals surface area (Å²) >= 11 is 0. The first-order valence-electron chi connectivity index (χ1n) is 8.19. The SMILES string of the molecule is CCOc1ccc(C(=O)NC2(C(=O)O)CC(OCC)C2(C)C)cc1. The van der Waals surface area contributed by atoms with E-state index >= 15 is 0 Å². The highest BCUT2D eigenvalue weighted by Gasteiger charge is 2.66. The van der Waals surface area contributed by atoms with E-state index in [2.05, 4.69) is 5.32 Å². The Kier molecular flexibility index (Phi) is 5.18. The standard InChI is InChI=1S/C18H25NO5/c1-5-23-13-9-7-12(8-10-13)15(20)19-18(16(21)22)11-14(24-6-2)17(18,3)4/h7-10,14H,5-6,11H2,1-4H3,(H,19,20)(H,21,22). The minimum atomic E-state index is -1.33. The summed E-state index contributed by atoms with van der Waals surface area (Å²) in [6.07, 6.45) is 0.0607. The molecule has 1 saturated carbocycles. The van der Waals surface area contributed by atoms with Crippen molar-refractivity contribution in [2.24, 2.45) is 5.41 Å². The van der Waals surface area contributed by atoms with Gasteiger partial charge in [0, 0.05) is 24.0 Å². The second kappa shape index (κ2) is 6.81. The van der Waals surface area contributed by atoms with Gasteiger partial charge in [-0.3, -0.25) is 4.79 Å². The monoisotopic (exact) mass is 335 g/mol. The maximum atomic E-state index is 12.5. The lowest BCUT2D eigenvalue weighted by atomic mass is 9.54. The Labute approximate surface area is 142 Å². The number of hydrogen-bond acceptors (Lipinski definition) is 4. The first-order chi connectivity index (χ1) is 11.3. The molecular weight excluding hydrogens is 310 g/mol. The van der Waals surface area contributed by atoms with E-state index in [-0.39, 0.29) is 12.5 Å². The van der Waals surface area contributed by atoms with Gasteiger partial charge in [-0.1, -0.05) is 13.8 Å². The van der Waals surface area contributed by atoms with Gasteiger partial charge >= 0.3 is 5.97 Å². The molecule has 6 nitrogen and oxygen atoms in total. The molecule has 1 aromatic carbocycles. The number of aliphatic carboxylic acids is 1. The maximum Gasteiger partial charge on any atom is 0.330 e. The fraction of sp³-hybridized carbons (Fsp3) is 0.556. The topological polar surface area (TPSA) is 84.9 Å². The van der Waals surface area contributed by atoms with Crippen molar-refractivity contribution in [3.05, 3.63) is 29.8 Å². The van der Waals surface area contributed by atoms with Gasteiger partial charge in [-0.2, -0.15) is 0 Å². The van der Waals surface area contributed by atoms with Crippen LogP contribution in [0.5, 0.6) is 5.75 Å². The van der Waals surface area contributed by atoms with Crippen LogP contribution in [-0.2, 0) is 9.53 Å². The molecule has 2 atom stereocenters. The molecule has 0 bridgehead atoms. The summed E-state index contributed by atoms with van der Waals surface area (Å²) in [7, 11) is 0. The molecule has 2 unspecified atom stereocenters. The fourth-order valence-electron chi connectivity index (χ4n) is 3.17. The number of nitrogens with one attached hydrogen (secondary N) is 1. The zero-order valence-corrected chi connectivity index (χ0v) is 14.6. The first-order valence-corrected chi connectivity index (χ1v) is 8.19. The summed E-state index contributed by atoms with van der Waals surface area (Å²) in [4.78, 5) is 24.4. The summed E-state index contributed by atoms with van der Waals surface area (Å²) in [6.45, 7) is 8.42. The van der Waals surface area contributed by atoms with Gasteiger partial charge in [0.2, 0.25) is 0 Å². The molecule has 0 aliphatic heterocycles. The van der Waals surface area contributed by atoms with Gasteiger partial charge in [-0.15, -0.1) is 0 Å². The molecule has 24 heavy (non-hydrogen) atoms. The number of carbonyl (C=O) groups excluding carboxylic acids is 1. The Bertz CT molecular complexity index is 610. The highest BCUT2D eigenvalue weighted by molar-refractivity contribution is 5.98. The molecular formula is C18H25NO5. The number of carboxylic acid groups (broad SMARTS) is 1. The number of ether oxygens (including phenoxy) is 2. The number of carboxylic acids is 1. The van der Waals surface area contributed by atoms with E-state index in [1.54, 1.807) is 24.3 Å². The van der Waals surface area contributed by atoms with Crippen LogP contribution in [0, 0.1) is 5.41 Å². The molecule has 1 aliphatic carbocycles. The second-order valence-electron chi connectivity index (χ2n) is 6.49. The zero-order valence-electron chi connectivity index (χ0n) is 14.6. The van der Waals surface area contributed by atoms with Crippen molar-refractivity contribution in [3.8, 4) is 5.75 Å². The maximum absolute atomic E-state index is 12.5. The van der Waals surface area contributed by atoms with E-state index in [4.69, 9.17) is 9.47 Å². The molecule has 1 fully saturated rings. The molecule has 0 saturated heterocycles. The number of benzene rings is 1. The third kappa shape index (κ3) is 2.98. The highest BCUT2D eigenvalue weighted by atomic mass is 16.5. The zero-order chi connectivity index (χ0) is 18.0. The van der Waals surface area contributed by atoms with Crippen LogP contribution < -0.4 is 10.1 Å². The molecule has 2 rings (SSSR count). The van der Waals surface area contributed by atoms with Crippen LogP contribution in [0.25, 0.3) is 0 Å². The molecule has 6 heteroatoms. The van der Waals surface area contributed by atoms with Crippen molar-refractivity contribution in [1.82, 2.24) is 5.32 Å². The van der Waals surface area contributed by atoms with E-state index in [1.165, 1.54) is 0 Å². The number of rotatable bonds is 7. The van der Waals surface area contributed by atoms with Crippen molar-refractivity contribution in [2.45, 2.75) is 45.8 Å². The quantitative estimate of drug-likeness (QED) is 0.799. The predicted octanol–water partition coefficient (Wildman–Crippen LogP) is 2.47. The Morgan fingerprint density at radius 2 is 1.83 bits per heavy atom. The summed E-state index contributed by atoms with van der Waals surface area (Å²) in [6, 6.07) is 6.64. The van der Waals surface area contributed by atoms with Gasteiger partial charge in [0.15, 0.2) is 0 Å². The van der Waals surface area contributed by atoms with Crippen LogP contribution in [0.3, 0.4) is 0 Å². The van der Waals surface area contributed by atoms with Crippen molar-refractivity contribution in [2.75, 3.05) is 13.2 Å². The Morgan fingerprint density at radius 1 is 1.21 bits per heavy atom. The molecule has 0 heterocycles. The van der Waals surface area contributed by atoms with Gasteiger partial charge in [-0.25, -0.2) is 4.79 Å². The first kappa shape index (κ1) is 18.3. The summed E-state index contributed by atoms with van der Waals surface area (Å²) in [5.41, 5.74) is -1.63. The van der Waals surface area contributed by atoms with Gasteiger partial charge in [0.1, 0.15) is 11.3 Å². The van der Waals surface area contributed by atoms with Crippen LogP contribution >= 0.6 is 0 Å². The minimum Gasteiger partial charge on any atom is -0.494 e. The number of hydrogen-bond donors (Lipinski definition) is 2. The predicted molar refractivity (Wildman–Crippen MR) is 89.3 cm³/mol. The molecule has 0 radical (unpaired) electrons. The molecule has 1 aliphatic rings. The molecule has 2 N–H and O–H groups in total. The van der Waals surface area contributed by atoms with E-state index in [1.807, 2.05) is 27.7 Å². The Hall–Kier alpha value is -2.08. The summed E-state index contributed by atoms with van der Waals surface area (Å²) in [5.74, 6) is -0.784. The summed E-state index contributed by atoms with van der Waals surface area (Å²) < 4.78 is 10.9. The Morgan fingerprint density at radius 3 is 2.29 bits per heavy atom. The van der Waals surface area contributed by atoms with Crippen molar-refractivity contribution in [3.63, 3.8) is 0 Å². The lowest BCUT2D eigenvalue weighted by molar-refractivity contribution is -0.190. The average molecular weight is 335 g/mol. The van der Waals surface area contributed by atoms with Crippen LogP contribution in [0.2, 0.25) is 0 Å². The van der Waals surface area contributed by atoms with Crippen molar-refractivity contribution < 1.29 is 24.2 Å². The highest BCUT2D eigenvalue weighted by Crippen LogP contribution is 2.51. The number of carbonyl (C=O) groups is 2. The van der Waals surface area contributed by atoms with Gasteiger partial charge in [-0.05, 0) is 38.1 Å². The van der Waals surface area contributed by atoms with Crippen molar-refractivity contribution >= 4 is 11.9 Å². The minimum absolute atomic E-state index is 0.195. The van der Waals surface area contributed by atoms with E-state index in [0.717, 1.165) is 0 Å². The smallest absolute Gasteiger partial charge is 0.330 e. The largest absolute Gasteiger partial charge is 0.494 e. The van der Waals surface area contributed by atoms with Gasteiger partial charge in [0.25, 0.3) is 5.91 Å². The van der Waals surface area contributed by atoms with Crippen LogP contribution in [0.4, 0.5) is 0 Å². The number of amides is 1. The van der Waals surface area contributed by atoms with Crippen molar-refractivity contribution in [1.29, 1.82) is 0 Å². The Balaban J connectivity index is 2.17. The molecule has 1 amide bonds. The molecule has 0 spiro atoms. The molecule has 0 aromatic heterocycles. The fourth-order valence-corrected chi connectivity index (χ4v) is 3.17. The third-order valence-corrected chi connectivity index (χ3v) is 4.88. The van der Waals surface area contributed by atoms with E-state index in [0.29, 0.717) is 24.5 Å². The van der Waals surface area contributed by atoms with Gasteiger partial charge < -0.3 is 19.9 Å². The summed E-state index contributed by atoms with van der Waals surface area (Å²) in [5, 5.41) is 12.4. The lowest BCUT2D eigenvalue weighted by Gasteiger charge is -2.58. The van der Waals surface area contributed by atoms with Crippen LogP contribution in [0.15, 0.2) is 24.3 Å². The lowest BCUT2D eigenvalue weighted by Crippen LogP contribution is -2.76. The van der Waals surface area contributed by atoms with E-state index in [9.17, 15) is 14.7 Å². The van der Waals surface area contributed by atoms with Gasteiger partial charge in [0.05, 0.1) is 12.7 Å². The van der Waals surface area contributed by atoms with E-state index < -0.39 is 22.8 Å². The van der Waals surface area contributed by atoms with Crippen LogP contribution in [0.1, 0.15) is 44.5 Å². The normalized spacial score (nSPS) is 24.8.